The smallest absolute Gasteiger partial charge is 0.244 e. The molecule has 1 atom stereocenters. The van der Waals surface area contributed by atoms with Gasteiger partial charge in [-0.25, -0.2) is 0 Å². The van der Waals surface area contributed by atoms with Gasteiger partial charge in [0.25, 0.3) is 0 Å². The van der Waals surface area contributed by atoms with E-state index in [-0.39, 0.29) is 11.9 Å². The van der Waals surface area contributed by atoms with Crippen LogP contribution in [0.1, 0.15) is 12.5 Å². The highest BCUT2D eigenvalue weighted by Gasteiger charge is 2.23. The van der Waals surface area contributed by atoms with E-state index < -0.39 is 0 Å². The van der Waals surface area contributed by atoms with Crippen LogP contribution >= 0.6 is 0 Å². The second kappa shape index (κ2) is 6.95. The molecule has 6 heteroatoms. The Morgan fingerprint density at radius 2 is 2.19 bits per heavy atom. The largest absolute Gasteiger partial charge is 0.495 e. The Hall–Kier alpha value is -2.26. The maximum absolute atomic E-state index is 12.3. The van der Waals surface area contributed by atoms with Crippen molar-refractivity contribution >= 4 is 11.6 Å². The van der Waals surface area contributed by atoms with Gasteiger partial charge in [0.15, 0.2) is 0 Å². The Bertz CT molecular complexity index is 548. The first kappa shape index (κ1) is 15.1. The molecular weight excluding hydrogens is 270 g/mol. The zero-order valence-corrected chi connectivity index (χ0v) is 12.3. The highest BCUT2D eigenvalue weighted by Crippen LogP contribution is 2.26. The summed E-state index contributed by atoms with van der Waals surface area (Å²) in [4.78, 5) is 14.1. The van der Waals surface area contributed by atoms with Crippen LogP contribution in [0, 0.1) is 11.3 Å². The first-order valence-electron chi connectivity index (χ1n) is 6.87. The summed E-state index contributed by atoms with van der Waals surface area (Å²) in [6.45, 7) is 4.22. The summed E-state index contributed by atoms with van der Waals surface area (Å²) in [6.07, 6.45) is 0. The fraction of sp³-hybridized carbons (Fsp3) is 0.467. The number of anilines is 1. The molecule has 1 unspecified atom stereocenters. The van der Waals surface area contributed by atoms with E-state index in [1.807, 2.05) is 6.92 Å². The summed E-state index contributed by atoms with van der Waals surface area (Å²) in [7, 11) is 1.54. The average Bonchev–Trinajstić information content (AvgIpc) is 2.55. The molecule has 1 N–H and O–H groups in total. The third kappa shape index (κ3) is 3.64. The Morgan fingerprint density at radius 3 is 2.81 bits per heavy atom. The lowest BCUT2D eigenvalue weighted by Gasteiger charge is -2.30. The van der Waals surface area contributed by atoms with Crippen molar-refractivity contribution in [3.05, 3.63) is 23.8 Å². The van der Waals surface area contributed by atoms with Crippen LogP contribution in [0.15, 0.2) is 18.2 Å². The fourth-order valence-corrected chi connectivity index (χ4v) is 2.23. The lowest BCUT2D eigenvalue weighted by atomic mass is 10.2. The second-order valence-corrected chi connectivity index (χ2v) is 4.83. The van der Waals surface area contributed by atoms with Crippen LogP contribution in [0.5, 0.6) is 5.75 Å². The van der Waals surface area contributed by atoms with Crippen molar-refractivity contribution in [3.8, 4) is 11.8 Å². The number of carbonyl (C=O) groups is 1. The van der Waals surface area contributed by atoms with E-state index in [9.17, 15) is 4.79 Å². The zero-order chi connectivity index (χ0) is 15.2. The molecule has 1 amide bonds. The Morgan fingerprint density at radius 1 is 1.48 bits per heavy atom. The van der Waals surface area contributed by atoms with Gasteiger partial charge in [-0.2, -0.15) is 5.26 Å². The van der Waals surface area contributed by atoms with Gasteiger partial charge < -0.3 is 19.7 Å². The third-order valence-electron chi connectivity index (χ3n) is 3.40. The summed E-state index contributed by atoms with van der Waals surface area (Å²) in [5.41, 5.74) is 1.22. The summed E-state index contributed by atoms with van der Waals surface area (Å²) < 4.78 is 10.5. The Labute approximate surface area is 124 Å². The number of nitrogens with zero attached hydrogens (tertiary/aromatic N) is 2. The molecule has 0 spiro atoms. The van der Waals surface area contributed by atoms with Crippen LogP contribution in [0.2, 0.25) is 0 Å². The number of methoxy groups -OCH3 is 1. The lowest BCUT2D eigenvalue weighted by Crippen LogP contribution is -2.47. The van der Waals surface area contributed by atoms with E-state index in [4.69, 9.17) is 14.7 Å². The second-order valence-electron chi connectivity index (χ2n) is 4.83. The highest BCUT2D eigenvalue weighted by atomic mass is 16.5. The third-order valence-corrected chi connectivity index (χ3v) is 3.40. The molecule has 2 rings (SSSR count). The number of amides is 1. The van der Waals surface area contributed by atoms with Crippen LogP contribution in [-0.2, 0) is 9.53 Å². The molecule has 21 heavy (non-hydrogen) atoms. The van der Waals surface area contributed by atoms with E-state index in [0.717, 1.165) is 0 Å². The van der Waals surface area contributed by atoms with Gasteiger partial charge in [-0.05, 0) is 19.1 Å². The number of ether oxygens (including phenoxy) is 2. The van der Waals surface area contributed by atoms with Crippen LogP contribution in [0.3, 0.4) is 0 Å². The number of hydrogen-bond acceptors (Lipinski definition) is 5. The maximum Gasteiger partial charge on any atom is 0.244 e. The van der Waals surface area contributed by atoms with Gasteiger partial charge in [-0.1, -0.05) is 0 Å². The number of nitriles is 1. The maximum atomic E-state index is 12.3. The molecule has 1 fully saturated rings. The van der Waals surface area contributed by atoms with E-state index in [0.29, 0.717) is 43.3 Å². The predicted molar refractivity (Wildman–Crippen MR) is 78.2 cm³/mol. The van der Waals surface area contributed by atoms with Crippen LogP contribution in [0.4, 0.5) is 5.69 Å². The van der Waals surface area contributed by atoms with Crippen LogP contribution < -0.4 is 10.1 Å². The molecule has 1 saturated heterocycles. The van der Waals surface area contributed by atoms with Crippen molar-refractivity contribution in [2.45, 2.75) is 13.0 Å². The van der Waals surface area contributed by atoms with Crippen molar-refractivity contribution in [1.82, 2.24) is 4.90 Å². The number of morpholine rings is 1. The summed E-state index contributed by atoms with van der Waals surface area (Å²) in [5, 5.41) is 12.0. The molecule has 1 aromatic rings. The SMILES string of the molecule is COc1cc(C#N)ccc1NC(C)C(=O)N1CCOCC1. The van der Waals surface area contributed by atoms with Crippen molar-refractivity contribution in [3.63, 3.8) is 0 Å². The van der Waals surface area contributed by atoms with Gasteiger partial charge in [-0.15, -0.1) is 0 Å². The first-order chi connectivity index (χ1) is 10.2. The van der Waals surface area contributed by atoms with E-state index >= 15 is 0 Å². The standard InChI is InChI=1S/C15H19N3O3/c1-11(15(19)18-5-7-21-8-6-18)17-13-4-3-12(10-16)9-14(13)20-2/h3-4,9,11,17H,5-8H2,1-2H3. The minimum atomic E-state index is -0.370. The van der Waals surface area contributed by atoms with Gasteiger partial charge in [0.2, 0.25) is 5.91 Å². The summed E-state index contributed by atoms with van der Waals surface area (Å²) >= 11 is 0. The average molecular weight is 289 g/mol. The van der Waals surface area contributed by atoms with Crippen molar-refractivity contribution < 1.29 is 14.3 Å². The molecule has 1 aliphatic heterocycles. The lowest BCUT2D eigenvalue weighted by molar-refractivity contribution is -0.135. The minimum Gasteiger partial charge on any atom is -0.495 e. The monoisotopic (exact) mass is 289 g/mol. The quantitative estimate of drug-likeness (QED) is 0.902. The molecule has 1 aliphatic rings. The van der Waals surface area contributed by atoms with Crippen molar-refractivity contribution in [1.29, 1.82) is 5.26 Å². The Kier molecular flexibility index (Phi) is 5.01. The molecule has 1 heterocycles. The zero-order valence-electron chi connectivity index (χ0n) is 12.3. The number of benzene rings is 1. The molecule has 0 radical (unpaired) electrons. The van der Waals surface area contributed by atoms with Crippen LogP contribution in [0.25, 0.3) is 0 Å². The number of nitrogens with one attached hydrogen (secondary N) is 1. The first-order valence-corrected chi connectivity index (χ1v) is 6.87. The Balaban J connectivity index is 2.06. The van der Waals surface area contributed by atoms with E-state index in [1.54, 1.807) is 23.1 Å². The van der Waals surface area contributed by atoms with E-state index in [2.05, 4.69) is 11.4 Å². The molecule has 0 bridgehead atoms. The number of carbonyl (C=O) groups excluding carboxylic acids is 1. The van der Waals surface area contributed by atoms with Gasteiger partial charge in [0.05, 0.1) is 37.6 Å². The minimum absolute atomic E-state index is 0.0321. The molecule has 0 aliphatic carbocycles. The van der Waals surface area contributed by atoms with Crippen molar-refractivity contribution in [2.24, 2.45) is 0 Å². The van der Waals surface area contributed by atoms with Crippen LogP contribution in [-0.4, -0.2) is 50.3 Å². The topological polar surface area (TPSA) is 74.6 Å². The highest BCUT2D eigenvalue weighted by molar-refractivity contribution is 5.85. The van der Waals surface area contributed by atoms with Crippen molar-refractivity contribution in [2.75, 3.05) is 38.7 Å². The fourth-order valence-electron chi connectivity index (χ4n) is 2.23. The molecule has 0 saturated carbocycles. The van der Waals surface area contributed by atoms with Gasteiger partial charge in [0, 0.05) is 19.2 Å². The van der Waals surface area contributed by atoms with Gasteiger partial charge in [0.1, 0.15) is 11.8 Å². The van der Waals surface area contributed by atoms with Gasteiger partial charge >= 0.3 is 0 Å². The normalized spacial score (nSPS) is 16.0. The van der Waals surface area contributed by atoms with E-state index in [1.165, 1.54) is 7.11 Å². The predicted octanol–water partition coefficient (Wildman–Crippen LogP) is 1.23. The molecule has 112 valence electrons. The molecule has 1 aromatic carbocycles. The number of rotatable bonds is 4. The molecular formula is C15H19N3O3. The van der Waals surface area contributed by atoms with Gasteiger partial charge in [-0.3, -0.25) is 4.79 Å². The number of hydrogen-bond donors (Lipinski definition) is 1. The summed E-state index contributed by atoms with van der Waals surface area (Å²) in [6, 6.07) is 6.78. The summed E-state index contributed by atoms with van der Waals surface area (Å²) in [5.74, 6) is 0.584. The molecule has 0 aromatic heterocycles. The molecule has 6 nitrogen and oxygen atoms in total.